The fourth-order valence-corrected chi connectivity index (χ4v) is 2.68. The van der Waals surface area contributed by atoms with Crippen molar-refractivity contribution in [2.24, 2.45) is 16.3 Å². The monoisotopic (exact) mass is 285 g/mol. The van der Waals surface area contributed by atoms with Crippen LogP contribution in [-0.4, -0.2) is 21.0 Å². The minimum Gasteiger partial charge on any atom is -0.382 e. The van der Waals surface area contributed by atoms with Crippen molar-refractivity contribution in [3.63, 3.8) is 0 Å². The number of nitrogens with one attached hydrogen (secondary N) is 1. The molecule has 0 aromatic heterocycles. The van der Waals surface area contributed by atoms with Crippen molar-refractivity contribution >= 4 is 15.7 Å². The summed E-state index contributed by atoms with van der Waals surface area (Å²) in [7, 11) is -3.72. The number of hydrogen-bond donors (Lipinski definition) is 3. The van der Waals surface area contributed by atoms with Crippen molar-refractivity contribution in [2.75, 3.05) is 11.9 Å². The topological polar surface area (TPSA) is 98.2 Å². The van der Waals surface area contributed by atoms with Crippen LogP contribution in [0.4, 0.5) is 5.69 Å². The molecule has 1 unspecified atom stereocenters. The van der Waals surface area contributed by atoms with E-state index >= 15 is 0 Å². The van der Waals surface area contributed by atoms with E-state index in [1.54, 1.807) is 18.2 Å². The Labute approximate surface area is 115 Å². The van der Waals surface area contributed by atoms with E-state index in [0.717, 1.165) is 6.42 Å². The normalized spacial score (nSPS) is 14.2. The second kappa shape index (κ2) is 5.90. The molecule has 1 aromatic carbocycles. The first-order valence-electron chi connectivity index (χ1n) is 6.21. The SMILES string of the molecule is CC(C)(C)CC(N)CNc1ccccc1S(N)(=O)=O. The van der Waals surface area contributed by atoms with Crippen molar-refractivity contribution in [3.8, 4) is 0 Å². The van der Waals surface area contributed by atoms with Crippen LogP contribution in [-0.2, 0) is 10.0 Å². The van der Waals surface area contributed by atoms with Crippen LogP contribution in [0.25, 0.3) is 0 Å². The zero-order valence-electron chi connectivity index (χ0n) is 11.7. The molecule has 0 aliphatic carbocycles. The summed E-state index contributed by atoms with van der Waals surface area (Å²) in [4.78, 5) is 0.0953. The van der Waals surface area contributed by atoms with Gasteiger partial charge in [-0.05, 0) is 24.0 Å². The van der Waals surface area contributed by atoms with Crippen LogP contribution in [0.15, 0.2) is 29.2 Å². The molecule has 0 saturated carbocycles. The maximum absolute atomic E-state index is 11.4. The quantitative estimate of drug-likeness (QED) is 0.763. The van der Waals surface area contributed by atoms with Gasteiger partial charge in [-0.3, -0.25) is 0 Å². The zero-order valence-corrected chi connectivity index (χ0v) is 12.5. The highest BCUT2D eigenvalue weighted by Crippen LogP contribution is 2.22. The molecule has 0 heterocycles. The van der Waals surface area contributed by atoms with Crippen molar-refractivity contribution in [3.05, 3.63) is 24.3 Å². The van der Waals surface area contributed by atoms with E-state index in [2.05, 4.69) is 26.1 Å². The molecule has 0 saturated heterocycles. The number of para-hydroxylation sites is 1. The molecule has 0 bridgehead atoms. The Bertz CT molecular complexity index is 521. The lowest BCUT2D eigenvalue weighted by molar-refractivity contribution is 0.344. The molecule has 0 fully saturated rings. The summed E-state index contributed by atoms with van der Waals surface area (Å²) in [5.41, 5.74) is 6.66. The maximum atomic E-state index is 11.4. The molecule has 1 aromatic rings. The highest BCUT2D eigenvalue weighted by Gasteiger charge is 2.17. The van der Waals surface area contributed by atoms with Crippen LogP contribution >= 0.6 is 0 Å². The predicted molar refractivity (Wildman–Crippen MR) is 78.4 cm³/mol. The molecular weight excluding hydrogens is 262 g/mol. The minimum atomic E-state index is -3.72. The summed E-state index contributed by atoms with van der Waals surface area (Å²) in [6.45, 7) is 6.85. The van der Waals surface area contributed by atoms with Gasteiger partial charge in [0.1, 0.15) is 4.90 Å². The summed E-state index contributed by atoms with van der Waals surface area (Å²) in [6, 6.07) is 6.51. The summed E-state index contributed by atoms with van der Waals surface area (Å²) in [5.74, 6) is 0. The molecule has 5 nitrogen and oxygen atoms in total. The van der Waals surface area contributed by atoms with Crippen molar-refractivity contribution in [2.45, 2.75) is 38.1 Å². The average Bonchev–Trinajstić information content (AvgIpc) is 2.23. The van der Waals surface area contributed by atoms with Gasteiger partial charge >= 0.3 is 0 Å². The van der Waals surface area contributed by atoms with Crippen LogP contribution in [0.5, 0.6) is 0 Å². The van der Waals surface area contributed by atoms with Gasteiger partial charge < -0.3 is 11.1 Å². The molecule has 0 spiro atoms. The van der Waals surface area contributed by atoms with Gasteiger partial charge in [-0.25, -0.2) is 13.6 Å². The first kappa shape index (κ1) is 15.9. The Balaban J connectivity index is 2.74. The lowest BCUT2D eigenvalue weighted by Gasteiger charge is -2.24. The largest absolute Gasteiger partial charge is 0.382 e. The number of anilines is 1. The van der Waals surface area contributed by atoms with Gasteiger partial charge in [0.15, 0.2) is 0 Å². The average molecular weight is 285 g/mol. The number of rotatable bonds is 5. The van der Waals surface area contributed by atoms with Crippen molar-refractivity contribution in [1.82, 2.24) is 0 Å². The molecule has 5 N–H and O–H groups in total. The Morgan fingerprint density at radius 2 is 1.84 bits per heavy atom. The molecule has 0 aliphatic rings. The molecule has 108 valence electrons. The van der Waals surface area contributed by atoms with Crippen LogP contribution in [0.2, 0.25) is 0 Å². The highest BCUT2D eigenvalue weighted by molar-refractivity contribution is 7.89. The number of nitrogens with two attached hydrogens (primary N) is 2. The van der Waals surface area contributed by atoms with Gasteiger partial charge in [-0.15, -0.1) is 0 Å². The fraction of sp³-hybridized carbons (Fsp3) is 0.538. The van der Waals surface area contributed by atoms with Gasteiger partial charge in [0.25, 0.3) is 0 Å². The van der Waals surface area contributed by atoms with E-state index < -0.39 is 10.0 Å². The van der Waals surface area contributed by atoms with Gasteiger partial charge in [-0.2, -0.15) is 0 Å². The van der Waals surface area contributed by atoms with Gasteiger partial charge in [0.05, 0.1) is 5.69 Å². The number of sulfonamides is 1. The molecule has 6 heteroatoms. The van der Waals surface area contributed by atoms with Crippen LogP contribution in [0.1, 0.15) is 27.2 Å². The lowest BCUT2D eigenvalue weighted by Crippen LogP contribution is -2.33. The van der Waals surface area contributed by atoms with Crippen LogP contribution < -0.4 is 16.2 Å². The van der Waals surface area contributed by atoms with E-state index in [-0.39, 0.29) is 16.4 Å². The Morgan fingerprint density at radius 3 is 2.37 bits per heavy atom. The summed E-state index contributed by atoms with van der Waals surface area (Å²) in [5, 5.41) is 8.22. The van der Waals surface area contributed by atoms with Gasteiger partial charge in [0, 0.05) is 12.6 Å². The highest BCUT2D eigenvalue weighted by atomic mass is 32.2. The van der Waals surface area contributed by atoms with Gasteiger partial charge in [-0.1, -0.05) is 32.9 Å². The van der Waals surface area contributed by atoms with E-state index in [1.807, 2.05) is 0 Å². The summed E-state index contributed by atoms with van der Waals surface area (Å²) >= 11 is 0. The summed E-state index contributed by atoms with van der Waals surface area (Å²) < 4.78 is 22.9. The maximum Gasteiger partial charge on any atom is 0.240 e. The summed E-state index contributed by atoms with van der Waals surface area (Å²) in [6.07, 6.45) is 0.845. The van der Waals surface area contributed by atoms with E-state index in [4.69, 9.17) is 10.9 Å². The molecule has 1 atom stereocenters. The number of hydrogen-bond acceptors (Lipinski definition) is 4. The second-order valence-corrected chi connectivity index (χ2v) is 7.48. The van der Waals surface area contributed by atoms with E-state index in [1.165, 1.54) is 6.07 Å². The molecule has 19 heavy (non-hydrogen) atoms. The zero-order chi connectivity index (χ0) is 14.7. The number of benzene rings is 1. The van der Waals surface area contributed by atoms with Crippen LogP contribution in [0.3, 0.4) is 0 Å². The Kier molecular flexibility index (Phi) is 4.95. The molecule has 0 aliphatic heterocycles. The second-order valence-electron chi connectivity index (χ2n) is 5.95. The fourth-order valence-electron chi connectivity index (χ4n) is 1.96. The van der Waals surface area contributed by atoms with Gasteiger partial charge in [0.2, 0.25) is 10.0 Å². The predicted octanol–water partition coefficient (Wildman–Crippen LogP) is 1.51. The molecular formula is C13H23N3O2S. The number of primary sulfonamides is 1. The standard InChI is InChI=1S/C13H23N3O2S/c1-13(2,3)8-10(14)9-16-11-6-4-5-7-12(11)19(15,17)18/h4-7,10,16H,8-9,14H2,1-3H3,(H2,15,17,18). The van der Waals surface area contributed by atoms with E-state index in [9.17, 15) is 8.42 Å². The first-order chi connectivity index (χ1) is 8.59. The lowest BCUT2D eigenvalue weighted by atomic mass is 9.88. The first-order valence-corrected chi connectivity index (χ1v) is 7.75. The van der Waals surface area contributed by atoms with E-state index in [0.29, 0.717) is 12.2 Å². The third-order valence-corrected chi connectivity index (χ3v) is 3.59. The van der Waals surface area contributed by atoms with Crippen molar-refractivity contribution < 1.29 is 8.42 Å². The third kappa shape index (κ3) is 5.59. The molecule has 1 rings (SSSR count). The smallest absolute Gasteiger partial charge is 0.240 e. The molecule has 0 radical (unpaired) electrons. The third-order valence-electron chi connectivity index (χ3n) is 2.62. The molecule has 0 amide bonds. The Morgan fingerprint density at radius 1 is 1.26 bits per heavy atom. The minimum absolute atomic E-state index is 0.0477. The van der Waals surface area contributed by atoms with Crippen LogP contribution in [0, 0.1) is 5.41 Å². The van der Waals surface area contributed by atoms with Crippen molar-refractivity contribution in [1.29, 1.82) is 0 Å². The Hall–Kier alpha value is -1.11.